The minimum atomic E-state index is 1.13. The molecule has 43 heavy (non-hydrogen) atoms. The smallest absolute Gasteiger partial charge is 0.0490 e. The predicted octanol–water partition coefficient (Wildman–Crippen LogP) is 11.7. The SMILES string of the molecule is Cc1ccc(N(c2ccc(C)cc2)c2ccc(/C=C/c3ccc(N(c4ccccc4)c4ccccc4C)cc3)cc2)cc1. The highest BCUT2D eigenvalue weighted by Crippen LogP contribution is 2.37. The van der Waals surface area contributed by atoms with E-state index in [2.05, 4.69) is 194 Å². The molecule has 0 spiro atoms. The first-order valence-electron chi connectivity index (χ1n) is 14.8. The zero-order chi connectivity index (χ0) is 29.6. The fourth-order valence-electron chi connectivity index (χ4n) is 5.31. The molecule has 0 aromatic heterocycles. The van der Waals surface area contributed by atoms with Gasteiger partial charge in [-0.25, -0.2) is 0 Å². The van der Waals surface area contributed by atoms with Crippen molar-refractivity contribution in [3.05, 3.63) is 179 Å². The number of benzene rings is 6. The van der Waals surface area contributed by atoms with E-state index in [0.717, 1.165) is 39.6 Å². The number of rotatable bonds is 8. The van der Waals surface area contributed by atoms with Crippen molar-refractivity contribution >= 4 is 46.3 Å². The topological polar surface area (TPSA) is 6.48 Å². The van der Waals surface area contributed by atoms with Crippen LogP contribution in [0.5, 0.6) is 0 Å². The molecule has 0 saturated heterocycles. The van der Waals surface area contributed by atoms with Crippen molar-refractivity contribution < 1.29 is 0 Å². The highest BCUT2D eigenvalue weighted by Gasteiger charge is 2.14. The number of hydrogen-bond donors (Lipinski definition) is 0. The van der Waals surface area contributed by atoms with Crippen molar-refractivity contribution in [2.75, 3.05) is 9.80 Å². The van der Waals surface area contributed by atoms with Crippen molar-refractivity contribution in [3.8, 4) is 0 Å². The normalized spacial score (nSPS) is 11.0. The van der Waals surface area contributed by atoms with E-state index in [0.29, 0.717) is 0 Å². The van der Waals surface area contributed by atoms with Gasteiger partial charge in [-0.1, -0.05) is 108 Å². The Hall–Kier alpha value is -5.34. The summed E-state index contributed by atoms with van der Waals surface area (Å²) >= 11 is 0. The Bertz CT molecular complexity index is 1750. The second-order valence-electron chi connectivity index (χ2n) is 11.0. The first-order valence-corrected chi connectivity index (χ1v) is 14.8. The van der Waals surface area contributed by atoms with Gasteiger partial charge in [0, 0.05) is 34.1 Å². The van der Waals surface area contributed by atoms with Crippen molar-refractivity contribution in [1.82, 2.24) is 0 Å². The van der Waals surface area contributed by atoms with E-state index in [1.54, 1.807) is 0 Å². The molecule has 2 heteroatoms. The summed E-state index contributed by atoms with van der Waals surface area (Å²) in [6.45, 7) is 6.41. The van der Waals surface area contributed by atoms with E-state index in [1.165, 1.54) is 22.4 Å². The minimum absolute atomic E-state index is 1.13. The average Bonchev–Trinajstić information content (AvgIpc) is 3.05. The Morgan fingerprint density at radius 1 is 0.349 bits per heavy atom. The summed E-state index contributed by atoms with van der Waals surface area (Å²) in [7, 11) is 0. The van der Waals surface area contributed by atoms with Gasteiger partial charge < -0.3 is 9.80 Å². The highest BCUT2D eigenvalue weighted by atomic mass is 15.1. The summed E-state index contributed by atoms with van der Waals surface area (Å²) in [5, 5.41) is 0. The quantitative estimate of drug-likeness (QED) is 0.172. The van der Waals surface area contributed by atoms with Crippen LogP contribution >= 0.6 is 0 Å². The zero-order valence-corrected chi connectivity index (χ0v) is 25.0. The molecule has 0 aliphatic carbocycles. The van der Waals surface area contributed by atoms with E-state index in [1.807, 2.05) is 0 Å². The summed E-state index contributed by atoms with van der Waals surface area (Å²) in [4.78, 5) is 4.62. The molecule has 0 atom stereocenters. The van der Waals surface area contributed by atoms with Crippen LogP contribution < -0.4 is 9.80 Å². The van der Waals surface area contributed by atoms with Gasteiger partial charge in [-0.05, 0) is 104 Å². The molecule has 0 N–H and O–H groups in total. The van der Waals surface area contributed by atoms with E-state index in [4.69, 9.17) is 0 Å². The van der Waals surface area contributed by atoms with Gasteiger partial charge in [0.1, 0.15) is 0 Å². The molecule has 6 rings (SSSR count). The average molecular weight is 557 g/mol. The number of para-hydroxylation sites is 2. The molecule has 0 heterocycles. The zero-order valence-electron chi connectivity index (χ0n) is 25.0. The maximum Gasteiger partial charge on any atom is 0.0490 e. The van der Waals surface area contributed by atoms with Crippen LogP contribution in [0, 0.1) is 20.8 Å². The van der Waals surface area contributed by atoms with Crippen LogP contribution in [-0.2, 0) is 0 Å². The van der Waals surface area contributed by atoms with Gasteiger partial charge in [-0.15, -0.1) is 0 Å². The Morgan fingerprint density at radius 2 is 0.721 bits per heavy atom. The van der Waals surface area contributed by atoms with E-state index in [9.17, 15) is 0 Å². The molecule has 0 saturated carbocycles. The fraction of sp³-hybridized carbons (Fsp3) is 0.0732. The molecule has 0 aliphatic heterocycles. The highest BCUT2D eigenvalue weighted by molar-refractivity contribution is 5.81. The molecule has 0 aliphatic rings. The lowest BCUT2D eigenvalue weighted by atomic mass is 10.1. The van der Waals surface area contributed by atoms with Gasteiger partial charge in [0.15, 0.2) is 0 Å². The van der Waals surface area contributed by atoms with Crippen LogP contribution in [0.2, 0.25) is 0 Å². The van der Waals surface area contributed by atoms with Gasteiger partial charge in [-0.3, -0.25) is 0 Å². The Labute approximate surface area is 255 Å². The predicted molar refractivity (Wildman–Crippen MR) is 185 cm³/mol. The van der Waals surface area contributed by atoms with Gasteiger partial charge in [0.2, 0.25) is 0 Å². The second kappa shape index (κ2) is 12.7. The van der Waals surface area contributed by atoms with Crippen LogP contribution in [0.25, 0.3) is 12.2 Å². The molecule has 6 aromatic rings. The van der Waals surface area contributed by atoms with Crippen LogP contribution in [-0.4, -0.2) is 0 Å². The molecule has 0 radical (unpaired) electrons. The van der Waals surface area contributed by atoms with Crippen molar-refractivity contribution in [1.29, 1.82) is 0 Å². The first-order chi connectivity index (χ1) is 21.0. The fourth-order valence-corrected chi connectivity index (χ4v) is 5.31. The lowest BCUT2D eigenvalue weighted by Crippen LogP contribution is -2.11. The van der Waals surface area contributed by atoms with Crippen LogP contribution in [0.1, 0.15) is 27.8 Å². The van der Waals surface area contributed by atoms with E-state index < -0.39 is 0 Å². The maximum atomic E-state index is 2.31. The summed E-state index contributed by atoms with van der Waals surface area (Å²) in [6, 6.07) is 54.0. The summed E-state index contributed by atoms with van der Waals surface area (Å²) in [5.41, 5.74) is 12.9. The molecule has 6 aromatic carbocycles. The Morgan fingerprint density at radius 3 is 1.19 bits per heavy atom. The van der Waals surface area contributed by atoms with Gasteiger partial charge in [0.25, 0.3) is 0 Å². The number of aryl methyl sites for hydroxylation is 3. The summed E-state index contributed by atoms with van der Waals surface area (Å²) in [5.74, 6) is 0. The Balaban J connectivity index is 1.24. The van der Waals surface area contributed by atoms with Gasteiger partial charge in [0.05, 0.1) is 0 Å². The maximum absolute atomic E-state index is 2.31. The van der Waals surface area contributed by atoms with E-state index in [-0.39, 0.29) is 0 Å². The first kappa shape index (κ1) is 27.8. The number of hydrogen-bond acceptors (Lipinski definition) is 2. The number of anilines is 6. The van der Waals surface area contributed by atoms with Crippen molar-refractivity contribution in [2.24, 2.45) is 0 Å². The van der Waals surface area contributed by atoms with E-state index >= 15 is 0 Å². The molecule has 2 nitrogen and oxygen atoms in total. The molecular formula is C41H36N2. The van der Waals surface area contributed by atoms with Gasteiger partial charge >= 0.3 is 0 Å². The van der Waals surface area contributed by atoms with Crippen LogP contribution in [0.15, 0.2) is 152 Å². The van der Waals surface area contributed by atoms with Gasteiger partial charge in [-0.2, -0.15) is 0 Å². The molecular weight excluding hydrogens is 520 g/mol. The lowest BCUT2D eigenvalue weighted by Gasteiger charge is -2.27. The summed E-state index contributed by atoms with van der Waals surface area (Å²) < 4.78 is 0. The van der Waals surface area contributed by atoms with Crippen molar-refractivity contribution in [2.45, 2.75) is 20.8 Å². The third kappa shape index (κ3) is 6.45. The third-order valence-electron chi connectivity index (χ3n) is 7.73. The molecule has 0 bridgehead atoms. The summed E-state index contributed by atoms with van der Waals surface area (Å²) in [6.07, 6.45) is 4.36. The second-order valence-corrected chi connectivity index (χ2v) is 11.0. The molecule has 0 unspecified atom stereocenters. The molecule has 0 fully saturated rings. The monoisotopic (exact) mass is 556 g/mol. The van der Waals surface area contributed by atoms with Crippen LogP contribution in [0.4, 0.5) is 34.1 Å². The molecule has 0 amide bonds. The standard InChI is InChI=1S/C41H36N2/c1-31-13-23-37(24-14-31)42(38-25-15-32(2)16-26-38)39-27-19-34(20-28-39)17-18-35-21-29-40(30-22-35)43(36-10-5-4-6-11-36)41-12-8-7-9-33(41)3/h4-30H,1-3H3/b18-17+. The molecule has 210 valence electrons. The Kier molecular flexibility index (Phi) is 8.19. The lowest BCUT2D eigenvalue weighted by molar-refractivity contribution is 1.25. The largest absolute Gasteiger partial charge is 0.311 e. The number of nitrogens with zero attached hydrogens (tertiary/aromatic N) is 2. The van der Waals surface area contributed by atoms with Crippen molar-refractivity contribution in [3.63, 3.8) is 0 Å². The minimum Gasteiger partial charge on any atom is -0.311 e. The third-order valence-corrected chi connectivity index (χ3v) is 7.73. The van der Waals surface area contributed by atoms with Crippen LogP contribution in [0.3, 0.4) is 0 Å².